The Morgan fingerprint density at radius 2 is 2.19 bits per heavy atom. The summed E-state index contributed by atoms with van der Waals surface area (Å²) in [6, 6.07) is 8.65. The van der Waals surface area contributed by atoms with Crippen molar-refractivity contribution in [2.75, 3.05) is 0 Å². The number of para-hydroxylation sites is 2. The SMILES string of the molecule is S=C(NCc1nc2ccccc2[nH]1)N[C@@H]1C[C@@H]2CC[C@@H]1C2. The average molecular weight is 300 g/mol. The monoisotopic (exact) mass is 300 g/mol. The van der Waals surface area contributed by atoms with Crippen LogP contribution < -0.4 is 10.6 Å². The summed E-state index contributed by atoms with van der Waals surface area (Å²) in [5, 5.41) is 7.52. The van der Waals surface area contributed by atoms with Crippen molar-refractivity contribution in [2.24, 2.45) is 11.8 Å². The molecule has 0 radical (unpaired) electrons. The van der Waals surface area contributed by atoms with Crippen molar-refractivity contribution in [2.45, 2.75) is 38.3 Å². The van der Waals surface area contributed by atoms with E-state index in [1.807, 2.05) is 24.3 Å². The van der Waals surface area contributed by atoms with E-state index in [1.54, 1.807) is 0 Å². The summed E-state index contributed by atoms with van der Waals surface area (Å²) in [6.45, 7) is 0.640. The molecule has 1 heterocycles. The molecule has 0 unspecified atom stereocenters. The Kier molecular flexibility index (Phi) is 3.30. The minimum atomic E-state index is 0.583. The Bertz CT molecular complexity index is 632. The molecule has 21 heavy (non-hydrogen) atoms. The van der Waals surface area contributed by atoms with E-state index in [2.05, 4.69) is 20.6 Å². The van der Waals surface area contributed by atoms with Gasteiger partial charge < -0.3 is 15.6 Å². The molecular weight excluding hydrogens is 280 g/mol. The lowest BCUT2D eigenvalue weighted by Gasteiger charge is -2.24. The lowest BCUT2D eigenvalue weighted by atomic mass is 9.96. The van der Waals surface area contributed by atoms with Crippen LogP contribution in [0.4, 0.5) is 0 Å². The van der Waals surface area contributed by atoms with Gasteiger partial charge in [-0.15, -0.1) is 0 Å². The molecule has 5 heteroatoms. The number of thiocarbonyl (C=S) groups is 1. The van der Waals surface area contributed by atoms with Gasteiger partial charge in [0.15, 0.2) is 5.11 Å². The van der Waals surface area contributed by atoms with Crippen LogP contribution in [-0.2, 0) is 6.54 Å². The van der Waals surface area contributed by atoms with Crippen LogP contribution in [0.3, 0.4) is 0 Å². The quantitative estimate of drug-likeness (QED) is 0.763. The molecule has 2 bridgehead atoms. The minimum Gasteiger partial charge on any atom is -0.360 e. The van der Waals surface area contributed by atoms with Gasteiger partial charge in [0.2, 0.25) is 0 Å². The molecule has 4 nitrogen and oxygen atoms in total. The van der Waals surface area contributed by atoms with E-state index < -0.39 is 0 Å². The van der Waals surface area contributed by atoms with Crippen molar-refractivity contribution < 1.29 is 0 Å². The van der Waals surface area contributed by atoms with Gasteiger partial charge in [0.05, 0.1) is 17.6 Å². The first-order chi connectivity index (χ1) is 10.3. The van der Waals surface area contributed by atoms with Gasteiger partial charge in [0, 0.05) is 6.04 Å². The highest BCUT2D eigenvalue weighted by Crippen LogP contribution is 2.44. The number of aromatic amines is 1. The second-order valence-electron chi connectivity index (χ2n) is 6.31. The molecule has 2 aromatic rings. The lowest BCUT2D eigenvalue weighted by molar-refractivity contribution is 0.389. The fraction of sp³-hybridized carbons (Fsp3) is 0.500. The van der Waals surface area contributed by atoms with Gasteiger partial charge in [-0.25, -0.2) is 4.98 Å². The fourth-order valence-electron chi connectivity index (χ4n) is 3.89. The van der Waals surface area contributed by atoms with Crippen molar-refractivity contribution in [3.63, 3.8) is 0 Å². The molecule has 2 fully saturated rings. The molecule has 3 N–H and O–H groups in total. The summed E-state index contributed by atoms with van der Waals surface area (Å²) < 4.78 is 0. The van der Waals surface area contributed by atoms with Crippen molar-refractivity contribution in [3.05, 3.63) is 30.1 Å². The fourth-order valence-corrected chi connectivity index (χ4v) is 4.12. The molecule has 0 spiro atoms. The Morgan fingerprint density at radius 1 is 1.29 bits per heavy atom. The van der Waals surface area contributed by atoms with Crippen LogP contribution in [0.1, 0.15) is 31.5 Å². The molecule has 1 aromatic carbocycles. The maximum atomic E-state index is 5.42. The van der Waals surface area contributed by atoms with Crippen LogP contribution in [0.15, 0.2) is 24.3 Å². The first-order valence-electron chi connectivity index (χ1n) is 7.76. The number of rotatable bonds is 3. The van der Waals surface area contributed by atoms with E-state index in [0.29, 0.717) is 12.6 Å². The van der Waals surface area contributed by atoms with E-state index in [0.717, 1.165) is 33.8 Å². The summed E-state index contributed by atoms with van der Waals surface area (Å²) >= 11 is 5.42. The van der Waals surface area contributed by atoms with Crippen LogP contribution in [0, 0.1) is 11.8 Å². The standard InChI is InChI=1S/C16H20N4S/c21-16(20-14-8-10-5-6-11(14)7-10)17-9-15-18-12-3-1-2-4-13(12)19-15/h1-4,10-11,14H,5-9H2,(H,18,19)(H2,17,20,21)/t10-,11-,14-/m1/s1. The lowest BCUT2D eigenvalue weighted by Crippen LogP contribution is -2.44. The number of fused-ring (bicyclic) bond motifs is 3. The third kappa shape index (κ3) is 2.62. The summed E-state index contributed by atoms with van der Waals surface area (Å²) in [6.07, 6.45) is 5.47. The first-order valence-corrected chi connectivity index (χ1v) is 8.17. The van der Waals surface area contributed by atoms with Crippen molar-refractivity contribution in [1.29, 1.82) is 0 Å². The number of benzene rings is 1. The predicted octanol–water partition coefficient (Wildman–Crippen LogP) is 2.72. The molecular formula is C16H20N4S. The predicted molar refractivity (Wildman–Crippen MR) is 87.9 cm³/mol. The first kappa shape index (κ1) is 13.1. The maximum absolute atomic E-state index is 5.42. The maximum Gasteiger partial charge on any atom is 0.166 e. The molecule has 110 valence electrons. The Morgan fingerprint density at radius 3 is 2.95 bits per heavy atom. The van der Waals surface area contributed by atoms with Gasteiger partial charge in [-0.05, 0) is 55.4 Å². The molecule has 0 saturated heterocycles. The van der Waals surface area contributed by atoms with Gasteiger partial charge in [0.25, 0.3) is 0 Å². The van der Waals surface area contributed by atoms with Gasteiger partial charge >= 0.3 is 0 Å². The van der Waals surface area contributed by atoms with E-state index in [4.69, 9.17) is 12.2 Å². The largest absolute Gasteiger partial charge is 0.360 e. The van der Waals surface area contributed by atoms with Crippen molar-refractivity contribution in [3.8, 4) is 0 Å². The number of imidazole rings is 1. The summed E-state index contributed by atoms with van der Waals surface area (Å²) in [5.74, 6) is 2.69. The minimum absolute atomic E-state index is 0.583. The normalized spacial score (nSPS) is 27.1. The van der Waals surface area contributed by atoms with Crippen LogP contribution in [0.5, 0.6) is 0 Å². The number of hydrogen-bond donors (Lipinski definition) is 3. The van der Waals surface area contributed by atoms with E-state index in [1.165, 1.54) is 25.7 Å². The van der Waals surface area contributed by atoms with E-state index in [-0.39, 0.29) is 0 Å². The third-order valence-electron chi connectivity index (χ3n) is 4.91. The number of aromatic nitrogens is 2. The second kappa shape index (κ2) is 5.30. The molecule has 0 aliphatic heterocycles. The van der Waals surface area contributed by atoms with Crippen LogP contribution in [-0.4, -0.2) is 21.1 Å². The average Bonchev–Trinajstić information content (AvgIpc) is 3.19. The van der Waals surface area contributed by atoms with Gasteiger partial charge in [0.1, 0.15) is 5.82 Å². The zero-order chi connectivity index (χ0) is 14.2. The van der Waals surface area contributed by atoms with Crippen LogP contribution >= 0.6 is 12.2 Å². The van der Waals surface area contributed by atoms with E-state index in [9.17, 15) is 0 Å². The summed E-state index contributed by atoms with van der Waals surface area (Å²) in [5.41, 5.74) is 2.07. The van der Waals surface area contributed by atoms with Gasteiger partial charge in [-0.2, -0.15) is 0 Å². The topological polar surface area (TPSA) is 52.7 Å². The number of nitrogens with one attached hydrogen (secondary N) is 3. The summed E-state index contributed by atoms with van der Waals surface area (Å²) in [4.78, 5) is 7.86. The van der Waals surface area contributed by atoms with Crippen molar-refractivity contribution >= 4 is 28.4 Å². The molecule has 3 atom stereocenters. The van der Waals surface area contributed by atoms with Gasteiger partial charge in [-0.3, -0.25) is 0 Å². The Balaban J connectivity index is 1.32. The molecule has 2 aliphatic rings. The molecule has 2 saturated carbocycles. The van der Waals surface area contributed by atoms with Crippen LogP contribution in [0.25, 0.3) is 11.0 Å². The second-order valence-corrected chi connectivity index (χ2v) is 6.72. The highest BCUT2D eigenvalue weighted by Gasteiger charge is 2.39. The number of hydrogen-bond acceptors (Lipinski definition) is 2. The number of nitrogens with zero attached hydrogens (tertiary/aromatic N) is 1. The zero-order valence-electron chi connectivity index (χ0n) is 11.9. The van der Waals surface area contributed by atoms with Gasteiger partial charge in [-0.1, -0.05) is 18.6 Å². The smallest absolute Gasteiger partial charge is 0.166 e. The Labute approximate surface area is 129 Å². The Hall–Kier alpha value is -1.62. The third-order valence-corrected chi connectivity index (χ3v) is 5.17. The molecule has 1 aromatic heterocycles. The highest BCUT2D eigenvalue weighted by molar-refractivity contribution is 7.80. The van der Waals surface area contributed by atoms with Crippen LogP contribution in [0.2, 0.25) is 0 Å². The summed E-state index contributed by atoms with van der Waals surface area (Å²) in [7, 11) is 0. The highest BCUT2D eigenvalue weighted by atomic mass is 32.1. The zero-order valence-corrected chi connectivity index (χ0v) is 12.7. The van der Waals surface area contributed by atoms with Crippen molar-refractivity contribution in [1.82, 2.24) is 20.6 Å². The number of H-pyrrole nitrogens is 1. The molecule has 0 amide bonds. The molecule has 2 aliphatic carbocycles. The molecule has 4 rings (SSSR count). The van der Waals surface area contributed by atoms with E-state index >= 15 is 0 Å².